The Morgan fingerprint density at radius 3 is 2.25 bits per heavy atom. The van der Waals surface area contributed by atoms with Gasteiger partial charge in [-0.25, -0.2) is 8.42 Å². The number of hydrogen-bond acceptors (Lipinski definition) is 3. The lowest BCUT2D eigenvalue weighted by Gasteiger charge is -2.25. The zero-order valence-electron chi connectivity index (χ0n) is 18.0. The number of nitrogens with zero attached hydrogens (tertiary/aromatic N) is 1. The van der Waals surface area contributed by atoms with E-state index in [0.717, 1.165) is 15.4 Å². The third-order valence-electron chi connectivity index (χ3n) is 4.94. The number of anilines is 2. The van der Waals surface area contributed by atoms with Crippen LogP contribution in [0.4, 0.5) is 11.4 Å². The van der Waals surface area contributed by atoms with Crippen LogP contribution in [-0.2, 0) is 14.8 Å². The van der Waals surface area contributed by atoms with E-state index in [4.69, 9.17) is 23.2 Å². The van der Waals surface area contributed by atoms with Gasteiger partial charge in [-0.05, 0) is 54.8 Å². The van der Waals surface area contributed by atoms with E-state index < -0.39 is 22.5 Å². The second kappa shape index (κ2) is 9.94. The Balaban J connectivity index is 1.99. The van der Waals surface area contributed by atoms with E-state index in [-0.39, 0.29) is 21.5 Å². The van der Waals surface area contributed by atoms with Crippen LogP contribution in [-0.4, -0.2) is 20.9 Å². The van der Waals surface area contributed by atoms with Crippen molar-refractivity contribution in [3.05, 3.63) is 87.9 Å². The Hall–Kier alpha value is -2.54. The number of carbonyl (C=O) groups is 1. The lowest BCUT2D eigenvalue weighted by molar-refractivity contribution is -0.114. The van der Waals surface area contributed by atoms with E-state index in [0.29, 0.717) is 10.7 Å². The molecule has 8 heteroatoms. The number of hydrogen-bond donors (Lipinski definition) is 1. The van der Waals surface area contributed by atoms with Crippen molar-refractivity contribution < 1.29 is 13.2 Å². The van der Waals surface area contributed by atoms with Crippen LogP contribution in [0.15, 0.2) is 71.6 Å². The van der Waals surface area contributed by atoms with Crippen LogP contribution in [0.1, 0.15) is 30.9 Å². The minimum atomic E-state index is -4.04. The average Bonchev–Trinajstić information content (AvgIpc) is 2.74. The Morgan fingerprint density at radius 2 is 1.62 bits per heavy atom. The van der Waals surface area contributed by atoms with Crippen molar-refractivity contribution >= 4 is 50.5 Å². The number of nitrogens with one attached hydrogen (secondary N) is 1. The highest BCUT2D eigenvalue weighted by Crippen LogP contribution is 2.31. The smallest absolute Gasteiger partial charge is 0.264 e. The van der Waals surface area contributed by atoms with Crippen molar-refractivity contribution in [1.82, 2.24) is 0 Å². The fourth-order valence-electron chi connectivity index (χ4n) is 3.23. The number of halogens is 2. The largest absolute Gasteiger partial charge is 0.324 e. The van der Waals surface area contributed by atoms with Crippen molar-refractivity contribution in [3.8, 4) is 0 Å². The van der Waals surface area contributed by atoms with Crippen molar-refractivity contribution in [2.45, 2.75) is 31.6 Å². The van der Waals surface area contributed by atoms with Gasteiger partial charge in [0.2, 0.25) is 5.91 Å². The lowest BCUT2D eigenvalue weighted by atomic mass is 10.0. The molecule has 0 aliphatic carbocycles. The van der Waals surface area contributed by atoms with Gasteiger partial charge in [0.1, 0.15) is 6.54 Å². The highest BCUT2D eigenvalue weighted by molar-refractivity contribution is 7.92. The summed E-state index contributed by atoms with van der Waals surface area (Å²) in [5, 5.41) is 3.33. The molecule has 168 valence electrons. The van der Waals surface area contributed by atoms with E-state index in [2.05, 4.69) is 5.32 Å². The van der Waals surface area contributed by atoms with Gasteiger partial charge in [-0.3, -0.25) is 9.10 Å². The van der Waals surface area contributed by atoms with Gasteiger partial charge < -0.3 is 5.32 Å². The molecule has 0 unspecified atom stereocenters. The molecule has 3 aromatic carbocycles. The molecule has 0 saturated heterocycles. The quantitative estimate of drug-likeness (QED) is 0.424. The average molecular weight is 491 g/mol. The third kappa shape index (κ3) is 5.44. The summed E-state index contributed by atoms with van der Waals surface area (Å²) in [6, 6.07) is 18.4. The highest BCUT2D eigenvalue weighted by atomic mass is 35.5. The maximum absolute atomic E-state index is 13.5. The maximum atomic E-state index is 13.5. The summed E-state index contributed by atoms with van der Waals surface area (Å²) in [5.74, 6) is -0.283. The number of rotatable bonds is 7. The molecule has 1 N–H and O–H groups in total. The van der Waals surface area contributed by atoms with Gasteiger partial charge in [0, 0.05) is 5.69 Å². The van der Waals surface area contributed by atoms with Crippen LogP contribution in [0.3, 0.4) is 0 Å². The zero-order chi connectivity index (χ0) is 23.5. The van der Waals surface area contributed by atoms with Crippen molar-refractivity contribution in [1.29, 1.82) is 0 Å². The molecular formula is C24H24Cl2N2O3S. The zero-order valence-corrected chi connectivity index (χ0v) is 20.3. The summed E-state index contributed by atoms with van der Waals surface area (Å²) in [5.41, 5.74) is 2.78. The summed E-state index contributed by atoms with van der Waals surface area (Å²) in [7, 11) is -4.04. The molecule has 0 radical (unpaired) electrons. The van der Waals surface area contributed by atoms with Gasteiger partial charge in [0.05, 0.1) is 20.6 Å². The van der Waals surface area contributed by atoms with E-state index in [1.54, 1.807) is 18.2 Å². The van der Waals surface area contributed by atoms with Crippen LogP contribution in [0.25, 0.3) is 0 Å². The van der Waals surface area contributed by atoms with E-state index in [9.17, 15) is 13.2 Å². The molecule has 0 bridgehead atoms. The molecule has 0 aliphatic rings. The second-order valence-electron chi connectivity index (χ2n) is 7.71. The van der Waals surface area contributed by atoms with Crippen molar-refractivity contribution in [2.24, 2.45) is 0 Å². The Kier molecular flexibility index (Phi) is 7.49. The van der Waals surface area contributed by atoms with E-state index >= 15 is 0 Å². The maximum Gasteiger partial charge on any atom is 0.264 e. The van der Waals surface area contributed by atoms with Gasteiger partial charge in [0.15, 0.2) is 0 Å². The Bertz CT molecular complexity index is 1230. The number of sulfonamides is 1. The first-order valence-electron chi connectivity index (χ1n) is 10.0. The Morgan fingerprint density at radius 1 is 0.969 bits per heavy atom. The first-order valence-corrected chi connectivity index (χ1v) is 12.2. The second-order valence-corrected chi connectivity index (χ2v) is 10.4. The van der Waals surface area contributed by atoms with Crippen molar-refractivity contribution in [2.75, 3.05) is 16.2 Å². The van der Waals surface area contributed by atoms with Crippen LogP contribution < -0.4 is 9.62 Å². The number of aryl methyl sites for hydroxylation is 1. The summed E-state index contributed by atoms with van der Waals surface area (Å²) >= 11 is 12.2. The molecule has 32 heavy (non-hydrogen) atoms. The molecule has 1 amide bonds. The topological polar surface area (TPSA) is 66.5 Å². The summed E-state index contributed by atoms with van der Waals surface area (Å²) in [6.07, 6.45) is 0. The van der Waals surface area contributed by atoms with Gasteiger partial charge in [0.25, 0.3) is 10.0 Å². The summed E-state index contributed by atoms with van der Waals surface area (Å²) < 4.78 is 28.0. The molecule has 0 atom stereocenters. The summed E-state index contributed by atoms with van der Waals surface area (Å²) in [4.78, 5) is 13.1. The number of carbonyl (C=O) groups excluding carboxylic acids is 1. The fraction of sp³-hybridized carbons (Fsp3) is 0.208. The van der Waals surface area contributed by atoms with Gasteiger partial charge in [-0.2, -0.15) is 0 Å². The fourth-order valence-corrected chi connectivity index (χ4v) is 4.93. The Labute approximate surface area is 199 Å². The van der Waals surface area contributed by atoms with Gasteiger partial charge in [-0.1, -0.05) is 72.9 Å². The molecule has 0 aromatic heterocycles. The van der Waals surface area contributed by atoms with E-state index in [1.165, 1.54) is 30.3 Å². The third-order valence-corrected chi connectivity index (χ3v) is 7.47. The predicted octanol–water partition coefficient (Wildman–Crippen LogP) is 6.26. The first kappa shape index (κ1) is 24.1. The van der Waals surface area contributed by atoms with Crippen LogP contribution >= 0.6 is 23.2 Å². The lowest BCUT2D eigenvalue weighted by Crippen LogP contribution is -2.38. The van der Waals surface area contributed by atoms with Gasteiger partial charge >= 0.3 is 0 Å². The molecular weight excluding hydrogens is 467 g/mol. The van der Waals surface area contributed by atoms with Crippen LogP contribution in [0, 0.1) is 6.92 Å². The van der Waals surface area contributed by atoms with Crippen LogP contribution in [0.2, 0.25) is 10.0 Å². The van der Waals surface area contributed by atoms with Gasteiger partial charge in [-0.15, -0.1) is 0 Å². The number of benzene rings is 3. The SMILES string of the molecule is Cc1ccc(S(=O)(=O)N(CC(=O)Nc2ccccc2C(C)C)c2ccc(Cl)c(Cl)c2)cc1. The molecule has 5 nitrogen and oxygen atoms in total. The summed E-state index contributed by atoms with van der Waals surface area (Å²) in [6.45, 7) is 5.48. The molecule has 0 aliphatic heterocycles. The highest BCUT2D eigenvalue weighted by Gasteiger charge is 2.28. The van der Waals surface area contributed by atoms with E-state index in [1.807, 2.05) is 39.0 Å². The molecule has 0 fully saturated rings. The monoisotopic (exact) mass is 490 g/mol. The standard InChI is InChI=1S/C24H24Cl2N2O3S/c1-16(2)20-6-4-5-7-23(20)27-24(29)15-28(18-10-13-21(25)22(26)14-18)32(30,31)19-11-8-17(3)9-12-19/h4-14,16H,15H2,1-3H3,(H,27,29). The number of para-hydroxylation sites is 1. The molecule has 0 saturated carbocycles. The van der Waals surface area contributed by atoms with Crippen molar-refractivity contribution in [3.63, 3.8) is 0 Å². The molecule has 3 aromatic rings. The number of amides is 1. The minimum Gasteiger partial charge on any atom is -0.324 e. The molecule has 0 heterocycles. The molecule has 0 spiro atoms. The normalized spacial score (nSPS) is 11.4. The first-order chi connectivity index (χ1) is 15.1. The molecule has 3 rings (SSSR count). The minimum absolute atomic E-state index is 0.0737. The van der Waals surface area contributed by atoms with Crippen LogP contribution in [0.5, 0.6) is 0 Å². The predicted molar refractivity (Wildman–Crippen MR) is 131 cm³/mol.